The monoisotopic (exact) mass is 609 g/mol. The van der Waals surface area contributed by atoms with Gasteiger partial charge in [0.25, 0.3) is 0 Å². The summed E-state index contributed by atoms with van der Waals surface area (Å²) in [7, 11) is 7.94. The van der Waals surface area contributed by atoms with Crippen molar-refractivity contribution >= 4 is 28.4 Å². The van der Waals surface area contributed by atoms with Crippen LogP contribution in [0.4, 0.5) is 0 Å². The normalized spacial score (nSPS) is 20.7. The number of hydrogen-bond donors (Lipinski definition) is 0. The van der Waals surface area contributed by atoms with Crippen LogP contribution in [0, 0.1) is 5.41 Å². The molecule has 45 heavy (non-hydrogen) atoms. The van der Waals surface area contributed by atoms with Crippen molar-refractivity contribution in [1.82, 2.24) is 44.4 Å². The van der Waals surface area contributed by atoms with E-state index in [0.717, 1.165) is 24.9 Å². The van der Waals surface area contributed by atoms with E-state index in [1.165, 1.54) is 11.6 Å². The van der Waals surface area contributed by atoms with Crippen LogP contribution in [0.25, 0.3) is 22.2 Å². The number of fused-ring (bicyclic) bond motifs is 2. The van der Waals surface area contributed by atoms with Crippen LogP contribution in [-0.2, 0) is 24.3 Å². The second-order valence-electron chi connectivity index (χ2n) is 13.1. The van der Waals surface area contributed by atoms with Gasteiger partial charge < -0.3 is 14.7 Å². The van der Waals surface area contributed by atoms with Crippen LogP contribution < -0.4 is 0 Å². The third kappa shape index (κ3) is 6.12. The lowest BCUT2D eigenvalue weighted by molar-refractivity contribution is -0.133. The van der Waals surface area contributed by atoms with Crippen LogP contribution in [0.3, 0.4) is 0 Å². The zero-order valence-electron chi connectivity index (χ0n) is 26.7. The molecule has 1 saturated heterocycles. The van der Waals surface area contributed by atoms with Gasteiger partial charge in [0, 0.05) is 49.1 Å². The van der Waals surface area contributed by atoms with Gasteiger partial charge in [0.15, 0.2) is 5.78 Å². The Hall–Kier alpha value is -4.42. The SMILES string of the molecule is CC(=O)c1nn(CC(=O)N2C3C[C@]3(C)C[C@H]2C(=O)c2ccc(CCN(C)C)cn2)c2cnc(-c3cnc(CN(C)C)nc3)cc12. The fourth-order valence-electron chi connectivity index (χ4n) is 6.27. The number of piperidine rings is 1. The van der Waals surface area contributed by atoms with Gasteiger partial charge in [0.2, 0.25) is 11.7 Å². The highest BCUT2D eigenvalue weighted by Gasteiger charge is 2.64. The highest BCUT2D eigenvalue weighted by Crippen LogP contribution is 2.59. The Bertz CT molecular complexity index is 1760. The molecule has 0 spiro atoms. The molecule has 1 aliphatic heterocycles. The minimum atomic E-state index is -0.587. The van der Waals surface area contributed by atoms with Crippen molar-refractivity contribution in [3.05, 3.63) is 65.8 Å². The van der Waals surface area contributed by atoms with Crippen LogP contribution in [0.15, 0.2) is 43.0 Å². The van der Waals surface area contributed by atoms with Crippen molar-refractivity contribution in [3.8, 4) is 11.3 Å². The molecular weight excluding hydrogens is 570 g/mol. The van der Waals surface area contributed by atoms with Crippen molar-refractivity contribution in [1.29, 1.82) is 0 Å². The van der Waals surface area contributed by atoms with Gasteiger partial charge in [-0.2, -0.15) is 5.10 Å². The summed E-state index contributed by atoms with van der Waals surface area (Å²) in [5.41, 5.74) is 3.49. The van der Waals surface area contributed by atoms with E-state index in [9.17, 15) is 14.4 Å². The highest BCUT2D eigenvalue weighted by molar-refractivity contribution is 6.06. The van der Waals surface area contributed by atoms with E-state index in [0.29, 0.717) is 46.6 Å². The van der Waals surface area contributed by atoms with E-state index in [1.807, 2.05) is 39.2 Å². The summed E-state index contributed by atoms with van der Waals surface area (Å²) in [6, 6.07) is 4.91. The Morgan fingerprint density at radius 2 is 1.71 bits per heavy atom. The van der Waals surface area contributed by atoms with E-state index in [4.69, 9.17) is 0 Å². The fourth-order valence-corrected chi connectivity index (χ4v) is 6.27. The number of Topliss-reactive ketones (excluding diaryl/α,β-unsaturated/α-hetero) is 2. The van der Waals surface area contributed by atoms with Crippen molar-refractivity contribution in [3.63, 3.8) is 0 Å². The van der Waals surface area contributed by atoms with E-state index in [1.54, 1.807) is 41.8 Å². The number of rotatable bonds is 11. The van der Waals surface area contributed by atoms with Crippen LogP contribution in [0.5, 0.6) is 0 Å². The molecule has 0 bridgehead atoms. The topological polar surface area (TPSA) is 130 Å². The minimum Gasteiger partial charge on any atom is -0.327 e. The average molecular weight is 610 g/mol. The molecule has 1 amide bonds. The number of pyridine rings is 2. The van der Waals surface area contributed by atoms with Gasteiger partial charge >= 0.3 is 0 Å². The van der Waals surface area contributed by atoms with E-state index in [-0.39, 0.29) is 41.2 Å². The van der Waals surface area contributed by atoms with Crippen molar-refractivity contribution in [2.45, 2.75) is 58.3 Å². The van der Waals surface area contributed by atoms with Gasteiger partial charge in [-0.1, -0.05) is 13.0 Å². The Balaban J connectivity index is 1.24. The Morgan fingerprint density at radius 3 is 2.36 bits per heavy atom. The first-order valence-electron chi connectivity index (χ1n) is 15.2. The van der Waals surface area contributed by atoms with Crippen LogP contribution in [0.1, 0.15) is 59.1 Å². The maximum atomic E-state index is 13.9. The standard InChI is InChI=1S/C33H39N9O3/c1-20(43)31-23-11-25(22-15-36-29(37-16-22)18-40(5)6)35-17-27(23)41(38-31)19-30(44)42-26(12-33(2)13-28(33)42)32(45)24-8-7-21(14-34-24)9-10-39(3)4/h7-8,11,14-17,26,28H,9-10,12-13,18-19H2,1-6H3/t26-,28?,33-/m0/s1. The lowest BCUT2D eigenvalue weighted by atomic mass is 9.97. The fraction of sp³-hybridized carbons (Fsp3) is 0.455. The third-order valence-corrected chi connectivity index (χ3v) is 8.86. The zero-order chi connectivity index (χ0) is 32.0. The van der Waals surface area contributed by atoms with Crippen molar-refractivity contribution in [2.24, 2.45) is 5.41 Å². The Morgan fingerprint density at radius 1 is 0.956 bits per heavy atom. The van der Waals surface area contributed by atoms with E-state index in [2.05, 4.69) is 36.9 Å². The first-order valence-corrected chi connectivity index (χ1v) is 15.2. The summed E-state index contributed by atoms with van der Waals surface area (Å²) < 4.78 is 1.53. The molecule has 12 heteroatoms. The van der Waals surface area contributed by atoms with E-state index >= 15 is 0 Å². The number of hydrogen-bond acceptors (Lipinski definition) is 10. The van der Waals surface area contributed by atoms with Crippen LogP contribution in [-0.4, -0.2) is 109 Å². The molecule has 1 aliphatic carbocycles. The maximum Gasteiger partial charge on any atom is 0.245 e. The zero-order valence-corrected chi connectivity index (χ0v) is 26.7. The molecule has 3 atom stereocenters. The first kappa shape index (κ1) is 30.6. The molecule has 4 aromatic heterocycles. The molecular formula is C33H39N9O3. The van der Waals surface area contributed by atoms with Crippen molar-refractivity contribution in [2.75, 3.05) is 34.7 Å². The quantitative estimate of drug-likeness (QED) is 0.234. The average Bonchev–Trinajstić information content (AvgIpc) is 3.37. The molecule has 12 nitrogen and oxygen atoms in total. The van der Waals surface area contributed by atoms with E-state index < -0.39 is 6.04 Å². The lowest BCUT2D eigenvalue weighted by Crippen LogP contribution is -2.45. The molecule has 2 aliphatic rings. The molecule has 4 aromatic rings. The summed E-state index contributed by atoms with van der Waals surface area (Å²) in [6.07, 6.45) is 9.11. The number of nitrogens with zero attached hydrogens (tertiary/aromatic N) is 9. The molecule has 5 heterocycles. The van der Waals surface area contributed by atoms with Gasteiger partial charge in [-0.3, -0.25) is 29.0 Å². The van der Waals surface area contributed by atoms with Gasteiger partial charge in [0.1, 0.15) is 23.8 Å². The Labute approximate surface area is 262 Å². The van der Waals surface area contributed by atoms with Gasteiger partial charge in [-0.05, 0) is 70.6 Å². The smallest absolute Gasteiger partial charge is 0.245 e. The van der Waals surface area contributed by atoms with Gasteiger partial charge in [-0.15, -0.1) is 0 Å². The molecule has 1 saturated carbocycles. The van der Waals surface area contributed by atoms with Gasteiger partial charge in [0.05, 0.1) is 30.0 Å². The van der Waals surface area contributed by atoms with Crippen LogP contribution >= 0.6 is 0 Å². The summed E-state index contributed by atoms with van der Waals surface area (Å²) in [6.45, 7) is 4.98. The molecule has 6 rings (SSSR count). The first-order chi connectivity index (χ1) is 21.4. The Kier molecular flexibility index (Phi) is 8.04. The number of likely N-dealkylation sites (N-methyl/N-ethyl adjacent to an activating group) is 1. The van der Waals surface area contributed by atoms with Gasteiger partial charge in [-0.25, -0.2) is 9.97 Å². The molecule has 1 unspecified atom stereocenters. The molecule has 0 aromatic carbocycles. The summed E-state index contributed by atoms with van der Waals surface area (Å²) in [5, 5.41) is 5.15. The lowest BCUT2D eigenvalue weighted by Gasteiger charge is -2.26. The second-order valence-corrected chi connectivity index (χ2v) is 13.1. The molecule has 234 valence electrons. The number of amides is 1. The number of carbonyl (C=O) groups is 3. The number of likely N-dealkylation sites (tertiary alicyclic amines) is 1. The van der Waals surface area contributed by atoms with Crippen LogP contribution in [0.2, 0.25) is 0 Å². The largest absolute Gasteiger partial charge is 0.327 e. The number of ketones is 2. The summed E-state index contributed by atoms with van der Waals surface area (Å²) in [4.78, 5) is 64.0. The summed E-state index contributed by atoms with van der Waals surface area (Å²) >= 11 is 0. The maximum absolute atomic E-state index is 13.9. The number of carbonyl (C=O) groups excluding carboxylic acids is 3. The highest BCUT2D eigenvalue weighted by atomic mass is 16.2. The molecule has 2 fully saturated rings. The molecule has 0 radical (unpaired) electrons. The second kappa shape index (κ2) is 11.8. The predicted molar refractivity (Wildman–Crippen MR) is 169 cm³/mol. The minimum absolute atomic E-state index is 0.00684. The third-order valence-electron chi connectivity index (χ3n) is 8.86. The predicted octanol–water partition coefficient (Wildman–Crippen LogP) is 2.91. The number of aromatic nitrogens is 6. The molecule has 0 N–H and O–H groups in total. The summed E-state index contributed by atoms with van der Waals surface area (Å²) in [5.74, 6) is 0.121. The van der Waals surface area contributed by atoms with Crippen molar-refractivity contribution < 1.29 is 14.4 Å².